The molecule has 18 heavy (non-hydrogen) atoms. The number of hydrogen-bond acceptors (Lipinski definition) is 5. The lowest BCUT2D eigenvalue weighted by Gasteiger charge is -2.23. The smallest absolute Gasteiger partial charge is 0.244 e. The third-order valence-electron chi connectivity index (χ3n) is 2.58. The van der Waals surface area contributed by atoms with Crippen molar-refractivity contribution in [3.05, 3.63) is 17.8 Å². The molecule has 2 heterocycles. The molecular formula is C11H14N4O3. The number of carbonyl (C=O) groups excluding carboxylic acids is 2. The van der Waals surface area contributed by atoms with E-state index in [0.29, 0.717) is 5.69 Å². The van der Waals surface area contributed by atoms with Crippen LogP contribution in [0, 0.1) is 6.92 Å². The largest absolute Gasteiger partial charge is 0.504 e. The second-order valence-corrected chi connectivity index (χ2v) is 4.05. The van der Waals surface area contributed by atoms with Gasteiger partial charge in [-0.3, -0.25) is 14.9 Å². The first kappa shape index (κ1) is 12.3. The molecule has 0 saturated carbocycles. The molecule has 1 fully saturated rings. The van der Waals surface area contributed by atoms with Crippen LogP contribution >= 0.6 is 0 Å². The Labute approximate surface area is 104 Å². The summed E-state index contributed by atoms with van der Waals surface area (Å²) in [6, 6.07) is 2.59. The Kier molecular flexibility index (Phi) is 3.42. The van der Waals surface area contributed by atoms with E-state index in [-0.39, 0.29) is 36.5 Å². The lowest BCUT2D eigenvalue weighted by atomic mass is 10.2. The first-order valence-electron chi connectivity index (χ1n) is 5.54. The maximum absolute atomic E-state index is 11.9. The molecule has 2 amide bonds. The van der Waals surface area contributed by atoms with Gasteiger partial charge in [-0.15, -0.1) is 0 Å². The number of anilines is 1. The van der Waals surface area contributed by atoms with Crippen molar-refractivity contribution in [3.8, 4) is 5.75 Å². The number of pyridine rings is 1. The third-order valence-corrected chi connectivity index (χ3v) is 2.58. The summed E-state index contributed by atoms with van der Waals surface area (Å²) in [6.45, 7) is 2.08. The number of amides is 2. The zero-order valence-corrected chi connectivity index (χ0v) is 9.86. The van der Waals surface area contributed by atoms with Gasteiger partial charge in [0.25, 0.3) is 0 Å². The standard InChI is InChI=1S/C11H14N4O3/c1-6-2-3-8(16)10(14-6)15-11(18)7-4-13-9(17)5-12-7/h2-3,7,12,16H,4-5H2,1H3,(H,13,17)(H,14,15,18). The van der Waals surface area contributed by atoms with E-state index in [1.54, 1.807) is 13.0 Å². The summed E-state index contributed by atoms with van der Waals surface area (Å²) in [5.41, 5.74) is 0.688. The maximum atomic E-state index is 11.9. The van der Waals surface area contributed by atoms with Gasteiger partial charge in [0.15, 0.2) is 11.6 Å². The third kappa shape index (κ3) is 2.75. The molecule has 7 heteroatoms. The summed E-state index contributed by atoms with van der Waals surface area (Å²) < 4.78 is 0. The van der Waals surface area contributed by atoms with Crippen molar-refractivity contribution < 1.29 is 14.7 Å². The van der Waals surface area contributed by atoms with Gasteiger partial charge in [-0.1, -0.05) is 0 Å². The van der Waals surface area contributed by atoms with E-state index in [2.05, 4.69) is 20.9 Å². The summed E-state index contributed by atoms with van der Waals surface area (Å²) in [6.07, 6.45) is 0. The first-order chi connectivity index (χ1) is 8.56. The molecule has 4 N–H and O–H groups in total. The lowest BCUT2D eigenvalue weighted by Crippen LogP contribution is -2.56. The minimum absolute atomic E-state index is 0.0891. The molecule has 1 aliphatic heterocycles. The number of carbonyl (C=O) groups is 2. The Balaban J connectivity index is 2.02. The van der Waals surface area contributed by atoms with Crippen LogP contribution in [0.5, 0.6) is 5.75 Å². The molecule has 0 radical (unpaired) electrons. The molecule has 1 aromatic heterocycles. The zero-order chi connectivity index (χ0) is 13.1. The van der Waals surface area contributed by atoms with E-state index in [0.717, 1.165) is 0 Å². The predicted molar refractivity (Wildman–Crippen MR) is 64.1 cm³/mol. The Bertz CT molecular complexity index is 479. The predicted octanol–water partition coefficient (Wildman–Crippen LogP) is -0.878. The van der Waals surface area contributed by atoms with E-state index in [4.69, 9.17) is 0 Å². The molecule has 0 bridgehead atoms. The van der Waals surface area contributed by atoms with Gasteiger partial charge in [0.05, 0.1) is 6.54 Å². The lowest BCUT2D eigenvalue weighted by molar-refractivity contribution is -0.124. The molecule has 0 spiro atoms. The Hall–Kier alpha value is -2.15. The van der Waals surface area contributed by atoms with Crippen LogP contribution < -0.4 is 16.0 Å². The highest BCUT2D eigenvalue weighted by molar-refractivity contribution is 5.96. The highest BCUT2D eigenvalue weighted by Crippen LogP contribution is 2.20. The number of piperazine rings is 1. The summed E-state index contributed by atoms with van der Waals surface area (Å²) in [5.74, 6) is -0.452. The first-order valence-corrected chi connectivity index (χ1v) is 5.54. The van der Waals surface area contributed by atoms with Gasteiger partial charge >= 0.3 is 0 Å². The second-order valence-electron chi connectivity index (χ2n) is 4.05. The molecule has 7 nitrogen and oxygen atoms in total. The minimum Gasteiger partial charge on any atom is -0.504 e. The van der Waals surface area contributed by atoms with Crippen LogP contribution in [0.15, 0.2) is 12.1 Å². The van der Waals surface area contributed by atoms with Crippen LogP contribution in [0.4, 0.5) is 5.82 Å². The minimum atomic E-state index is -0.524. The molecule has 1 unspecified atom stereocenters. The van der Waals surface area contributed by atoms with Crippen molar-refractivity contribution in [3.63, 3.8) is 0 Å². The topological polar surface area (TPSA) is 103 Å². The average molecular weight is 250 g/mol. The molecular weight excluding hydrogens is 236 g/mol. The van der Waals surface area contributed by atoms with E-state index in [9.17, 15) is 14.7 Å². The van der Waals surface area contributed by atoms with Crippen LogP contribution in [-0.2, 0) is 9.59 Å². The Morgan fingerprint density at radius 2 is 2.33 bits per heavy atom. The Morgan fingerprint density at radius 3 is 3.00 bits per heavy atom. The van der Waals surface area contributed by atoms with Gasteiger partial charge in [0, 0.05) is 12.2 Å². The summed E-state index contributed by atoms with van der Waals surface area (Å²) in [7, 11) is 0. The highest BCUT2D eigenvalue weighted by Gasteiger charge is 2.24. The fraction of sp³-hybridized carbons (Fsp3) is 0.364. The van der Waals surface area contributed by atoms with Crippen LogP contribution in [-0.4, -0.2) is 41.0 Å². The van der Waals surface area contributed by atoms with Crippen molar-refractivity contribution in [1.29, 1.82) is 0 Å². The normalized spacial score (nSPS) is 19.2. The van der Waals surface area contributed by atoms with E-state index in [1.807, 2.05) is 0 Å². The van der Waals surface area contributed by atoms with E-state index < -0.39 is 6.04 Å². The zero-order valence-electron chi connectivity index (χ0n) is 9.86. The van der Waals surface area contributed by atoms with Gasteiger partial charge in [-0.05, 0) is 19.1 Å². The molecule has 1 aliphatic rings. The van der Waals surface area contributed by atoms with Crippen molar-refractivity contribution in [2.75, 3.05) is 18.4 Å². The van der Waals surface area contributed by atoms with Crippen LogP contribution in [0.1, 0.15) is 5.69 Å². The number of rotatable bonds is 2. The Morgan fingerprint density at radius 1 is 1.56 bits per heavy atom. The number of aromatic hydroxyl groups is 1. The number of aromatic nitrogens is 1. The molecule has 2 rings (SSSR count). The van der Waals surface area contributed by atoms with Crippen molar-refractivity contribution in [2.24, 2.45) is 0 Å². The number of nitrogens with one attached hydrogen (secondary N) is 3. The quantitative estimate of drug-likeness (QED) is 0.546. The van der Waals surface area contributed by atoms with E-state index >= 15 is 0 Å². The molecule has 96 valence electrons. The highest BCUT2D eigenvalue weighted by atomic mass is 16.3. The van der Waals surface area contributed by atoms with Crippen molar-refractivity contribution >= 4 is 17.6 Å². The van der Waals surface area contributed by atoms with Gasteiger partial charge in [0.1, 0.15) is 6.04 Å². The van der Waals surface area contributed by atoms with Gasteiger partial charge in [-0.25, -0.2) is 4.98 Å². The van der Waals surface area contributed by atoms with Gasteiger partial charge in [-0.2, -0.15) is 0 Å². The van der Waals surface area contributed by atoms with Crippen molar-refractivity contribution in [1.82, 2.24) is 15.6 Å². The maximum Gasteiger partial charge on any atom is 0.244 e. The molecule has 0 aromatic carbocycles. The average Bonchev–Trinajstić information content (AvgIpc) is 2.34. The molecule has 1 saturated heterocycles. The van der Waals surface area contributed by atoms with Crippen LogP contribution in [0.25, 0.3) is 0 Å². The molecule has 1 aromatic rings. The SMILES string of the molecule is Cc1ccc(O)c(NC(=O)C2CNC(=O)CN2)n1. The number of aryl methyl sites for hydroxylation is 1. The van der Waals surface area contributed by atoms with Crippen LogP contribution in [0.3, 0.4) is 0 Å². The summed E-state index contributed by atoms with van der Waals surface area (Å²) in [5, 5.41) is 17.4. The number of hydrogen-bond donors (Lipinski definition) is 4. The van der Waals surface area contributed by atoms with Crippen molar-refractivity contribution in [2.45, 2.75) is 13.0 Å². The van der Waals surface area contributed by atoms with Gasteiger partial charge in [0.2, 0.25) is 11.8 Å². The summed E-state index contributed by atoms with van der Waals surface area (Å²) in [4.78, 5) is 26.8. The van der Waals surface area contributed by atoms with E-state index in [1.165, 1.54) is 6.07 Å². The van der Waals surface area contributed by atoms with Crippen LogP contribution in [0.2, 0.25) is 0 Å². The summed E-state index contributed by atoms with van der Waals surface area (Å²) >= 11 is 0. The number of nitrogens with zero attached hydrogens (tertiary/aromatic N) is 1. The second kappa shape index (κ2) is 5.01. The molecule has 0 aliphatic carbocycles. The van der Waals surface area contributed by atoms with Gasteiger partial charge < -0.3 is 15.7 Å². The fourth-order valence-electron chi connectivity index (χ4n) is 1.60. The monoisotopic (exact) mass is 250 g/mol. The molecule has 1 atom stereocenters. The fourth-order valence-corrected chi connectivity index (χ4v) is 1.60.